The second kappa shape index (κ2) is 5.32. The Hall–Kier alpha value is -3.01. The predicted octanol–water partition coefficient (Wildman–Crippen LogP) is 2.24. The van der Waals surface area contributed by atoms with Crippen LogP contribution in [0.1, 0.15) is 21.6 Å². The minimum Gasteiger partial charge on any atom is -0.478 e. The molecule has 1 aromatic carbocycles. The summed E-state index contributed by atoms with van der Waals surface area (Å²) in [6, 6.07) is 5.52. The van der Waals surface area contributed by atoms with Crippen LogP contribution in [0, 0.1) is 24.1 Å². The molecule has 0 spiro atoms. The number of benzene rings is 1. The number of aryl methyl sites for hydroxylation is 1. The summed E-state index contributed by atoms with van der Waals surface area (Å²) in [4.78, 5) is 18.7. The Balaban J connectivity index is 2.34. The van der Waals surface area contributed by atoms with E-state index in [1.165, 1.54) is 25.3 Å². The average molecular weight is 272 g/mol. The van der Waals surface area contributed by atoms with Crippen LogP contribution in [0.15, 0.2) is 24.4 Å². The van der Waals surface area contributed by atoms with Crippen LogP contribution in [0.25, 0.3) is 0 Å². The number of carbonyl (C=O) groups is 1. The maximum absolute atomic E-state index is 13.0. The lowest BCUT2D eigenvalue weighted by Gasteiger charge is -2.08. The summed E-state index contributed by atoms with van der Waals surface area (Å²) < 4.78 is 13.0. The third-order valence-corrected chi connectivity index (χ3v) is 2.56. The van der Waals surface area contributed by atoms with Crippen molar-refractivity contribution in [1.82, 2.24) is 9.97 Å². The zero-order valence-corrected chi connectivity index (χ0v) is 10.4. The molecule has 0 aliphatic heterocycles. The highest BCUT2D eigenvalue weighted by Crippen LogP contribution is 2.19. The van der Waals surface area contributed by atoms with Crippen LogP contribution >= 0.6 is 0 Å². The van der Waals surface area contributed by atoms with E-state index in [2.05, 4.69) is 15.3 Å². The number of aromatic nitrogens is 2. The lowest BCUT2D eigenvalue weighted by Crippen LogP contribution is -2.06. The topological polar surface area (TPSA) is 98.9 Å². The van der Waals surface area contributed by atoms with E-state index in [0.29, 0.717) is 5.69 Å². The number of nitrogens with one attached hydrogen (secondary N) is 1. The number of rotatable bonds is 3. The van der Waals surface area contributed by atoms with Gasteiger partial charge in [-0.1, -0.05) is 0 Å². The number of aromatic carboxylic acids is 1. The predicted molar refractivity (Wildman–Crippen MR) is 68.1 cm³/mol. The molecule has 0 atom stereocenters. The molecule has 0 aliphatic rings. The maximum Gasteiger partial charge on any atom is 0.339 e. The number of carboxylic acids is 1. The van der Waals surface area contributed by atoms with E-state index < -0.39 is 11.8 Å². The number of anilines is 2. The van der Waals surface area contributed by atoms with Crippen LogP contribution in [-0.2, 0) is 0 Å². The summed E-state index contributed by atoms with van der Waals surface area (Å²) in [6.07, 6.45) is 1.17. The first-order chi connectivity index (χ1) is 9.51. The largest absolute Gasteiger partial charge is 0.478 e. The zero-order chi connectivity index (χ0) is 14.7. The fourth-order valence-electron chi connectivity index (χ4n) is 1.58. The standard InChI is InChI=1S/C13H9FN4O2/c1-7-10(12(19)20)6-16-13(17-7)18-11-3-2-9(14)4-8(11)5-15/h2-4,6H,1H3,(H,19,20)(H,16,17,18). The number of nitriles is 1. The number of carboxylic acid groups (broad SMARTS) is 1. The molecule has 2 aromatic rings. The van der Waals surface area contributed by atoms with Crippen LogP contribution in [0.3, 0.4) is 0 Å². The zero-order valence-electron chi connectivity index (χ0n) is 10.4. The Morgan fingerprint density at radius 2 is 2.25 bits per heavy atom. The highest BCUT2D eigenvalue weighted by atomic mass is 19.1. The Morgan fingerprint density at radius 1 is 1.50 bits per heavy atom. The molecular formula is C13H9FN4O2. The number of hydrogen-bond acceptors (Lipinski definition) is 5. The molecule has 100 valence electrons. The second-order valence-electron chi connectivity index (χ2n) is 3.92. The van der Waals surface area contributed by atoms with Gasteiger partial charge in [-0.25, -0.2) is 19.2 Å². The van der Waals surface area contributed by atoms with Gasteiger partial charge in [-0.3, -0.25) is 0 Å². The van der Waals surface area contributed by atoms with Crippen molar-refractivity contribution in [3.8, 4) is 6.07 Å². The molecule has 20 heavy (non-hydrogen) atoms. The van der Waals surface area contributed by atoms with Gasteiger partial charge in [0.25, 0.3) is 0 Å². The van der Waals surface area contributed by atoms with Crippen molar-refractivity contribution in [2.24, 2.45) is 0 Å². The minimum atomic E-state index is -1.12. The van der Waals surface area contributed by atoms with Crippen molar-refractivity contribution in [1.29, 1.82) is 5.26 Å². The summed E-state index contributed by atoms with van der Waals surface area (Å²) >= 11 is 0. The van der Waals surface area contributed by atoms with Crippen LogP contribution in [0.4, 0.5) is 16.0 Å². The quantitative estimate of drug-likeness (QED) is 0.888. The van der Waals surface area contributed by atoms with E-state index in [4.69, 9.17) is 10.4 Å². The monoisotopic (exact) mass is 272 g/mol. The first-order valence-electron chi connectivity index (χ1n) is 5.55. The molecule has 2 rings (SSSR count). The Labute approximate surface area is 113 Å². The van der Waals surface area contributed by atoms with Crippen LogP contribution < -0.4 is 5.32 Å². The van der Waals surface area contributed by atoms with Crippen molar-refractivity contribution in [3.63, 3.8) is 0 Å². The van der Waals surface area contributed by atoms with Gasteiger partial charge in [0.05, 0.1) is 22.5 Å². The minimum absolute atomic E-state index is 0.00448. The van der Waals surface area contributed by atoms with Gasteiger partial charge in [0.1, 0.15) is 11.9 Å². The molecule has 0 saturated heterocycles. The summed E-state index contributed by atoms with van der Waals surface area (Å²) in [7, 11) is 0. The van der Waals surface area contributed by atoms with Gasteiger partial charge >= 0.3 is 5.97 Å². The van der Waals surface area contributed by atoms with Gasteiger partial charge in [-0.15, -0.1) is 0 Å². The molecule has 0 saturated carbocycles. The Kier molecular flexibility index (Phi) is 3.57. The van der Waals surface area contributed by atoms with Crippen molar-refractivity contribution < 1.29 is 14.3 Å². The van der Waals surface area contributed by atoms with Crippen molar-refractivity contribution in [2.45, 2.75) is 6.92 Å². The molecule has 0 aliphatic carbocycles. The number of hydrogen-bond donors (Lipinski definition) is 2. The molecule has 2 N–H and O–H groups in total. The van der Waals surface area contributed by atoms with E-state index in [9.17, 15) is 9.18 Å². The number of nitrogens with zero attached hydrogens (tertiary/aromatic N) is 3. The normalized spacial score (nSPS) is 9.85. The lowest BCUT2D eigenvalue weighted by molar-refractivity contribution is 0.0695. The van der Waals surface area contributed by atoms with Crippen LogP contribution in [-0.4, -0.2) is 21.0 Å². The van der Waals surface area contributed by atoms with E-state index in [-0.39, 0.29) is 22.8 Å². The molecule has 0 amide bonds. The Morgan fingerprint density at radius 3 is 2.85 bits per heavy atom. The molecule has 0 bridgehead atoms. The first kappa shape index (κ1) is 13.4. The fraction of sp³-hybridized carbons (Fsp3) is 0.0769. The molecule has 0 radical (unpaired) electrons. The summed E-state index contributed by atoms with van der Waals surface area (Å²) in [5.41, 5.74) is 0.732. The van der Waals surface area contributed by atoms with Crippen LogP contribution in [0.5, 0.6) is 0 Å². The highest BCUT2D eigenvalue weighted by molar-refractivity contribution is 5.88. The van der Waals surface area contributed by atoms with Gasteiger partial charge in [0.15, 0.2) is 0 Å². The first-order valence-corrected chi connectivity index (χ1v) is 5.55. The fourth-order valence-corrected chi connectivity index (χ4v) is 1.58. The molecule has 1 aromatic heterocycles. The maximum atomic E-state index is 13.0. The van der Waals surface area contributed by atoms with Crippen molar-refractivity contribution >= 4 is 17.6 Å². The molecule has 0 unspecified atom stereocenters. The molecule has 7 heteroatoms. The number of halogens is 1. The summed E-state index contributed by atoms with van der Waals surface area (Å²) in [5.74, 6) is -1.51. The molecule has 6 nitrogen and oxygen atoms in total. The molecular weight excluding hydrogens is 263 g/mol. The second-order valence-corrected chi connectivity index (χ2v) is 3.92. The van der Waals surface area contributed by atoms with E-state index in [0.717, 1.165) is 6.07 Å². The molecule has 0 fully saturated rings. The SMILES string of the molecule is Cc1nc(Nc2ccc(F)cc2C#N)ncc1C(=O)O. The van der Waals surface area contributed by atoms with Crippen molar-refractivity contribution in [3.05, 3.63) is 47.0 Å². The smallest absolute Gasteiger partial charge is 0.339 e. The van der Waals surface area contributed by atoms with Gasteiger partial charge in [-0.2, -0.15) is 5.26 Å². The third-order valence-electron chi connectivity index (χ3n) is 2.56. The van der Waals surface area contributed by atoms with Crippen LogP contribution in [0.2, 0.25) is 0 Å². The highest BCUT2D eigenvalue weighted by Gasteiger charge is 2.11. The summed E-state index contributed by atoms with van der Waals surface area (Å²) in [5, 5.41) is 20.5. The summed E-state index contributed by atoms with van der Waals surface area (Å²) in [6.45, 7) is 1.53. The van der Waals surface area contributed by atoms with Gasteiger partial charge in [0, 0.05) is 6.20 Å². The van der Waals surface area contributed by atoms with Gasteiger partial charge in [-0.05, 0) is 25.1 Å². The third kappa shape index (κ3) is 2.70. The van der Waals surface area contributed by atoms with E-state index in [1.807, 2.05) is 6.07 Å². The van der Waals surface area contributed by atoms with E-state index >= 15 is 0 Å². The van der Waals surface area contributed by atoms with E-state index in [1.54, 1.807) is 0 Å². The van der Waals surface area contributed by atoms with Crippen molar-refractivity contribution in [2.75, 3.05) is 5.32 Å². The molecule has 1 heterocycles. The Bertz CT molecular complexity index is 725. The lowest BCUT2D eigenvalue weighted by atomic mass is 10.2. The average Bonchev–Trinajstić information content (AvgIpc) is 2.40. The van der Waals surface area contributed by atoms with Gasteiger partial charge < -0.3 is 10.4 Å². The van der Waals surface area contributed by atoms with Gasteiger partial charge in [0.2, 0.25) is 5.95 Å².